The lowest BCUT2D eigenvalue weighted by molar-refractivity contribution is -0.119. The van der Waals surface area contributed by atoms with Crippen molar-refractivity contribution in [3.8, 4) is 0 Å². The molecule has 6 nitrogen and oxygen atoms in total. The third-order valence-corrected chi connectivity index (χ3v) is 4.01. The molecule has 116 valence electrons. The van der Waals surface area contributed by atoms with Gasteiger partial charge in [0.15, 0.2) is 0 Å². The van der Waals surface area contributed by atoms with Gasteiger partial charge in [0.25, 0.3) is 5.91 Å². The zero-order valence-corrected chi connectivity index (χ0v) is 13.3. The fourth-order valence-corrected chi connectivity index (χ4v) is 2.37. The highest BCUT2D eigenvalue weighted by atomic mass is 32.1. The van der Waals surface area contributed by atoms with Crippen LogP contribution in [0, 0.1) is 5.92 Å². The molecule has 0 aliphatic rings. The Kier molecular flexibility index (Phi) is 5.60. The standard InChI is InChI=1S/C15H18N4O2S/c1-3-10(2)12(14(21)18-15-19-16-9-22-15)17-13(20)11-7-5-4-6-8-11/h4-10,12H,3H2,1-2H3,(H,17,20)(H,18,19,21). The van der Waals surface area contributed by atoms with Crippen LogP contribution in [0.1, 0.15) is 30.6 Å². The summed E-state index contributed by atoms with van der Waals surface area (Å²) >= 11 is 1.24. The van der Waals surface area contributed by atoms with E-state index in [1.165, 1.54) is 16.8 Å². The maximum atomic E-state index is 12.4. The summed E-state index contributed by atoms with van der Waals surface area (Å²) in [5.41, 5.74) is 2.07. The second-order valence-electron chi connectivity index (χ2n) is 4.94. The van der Waals surface area contributed by atoms with E-state index in [1.807, 2.05) is 19.9 Å². The van der Waals surface area contributed by atoms with E-state index in [1.54, 1.807) is 24.3 Å². The minimum Gasteiger partial charge on any atom is -0.340 e. The summed E-state index contributed by atoms with van der Waals surface area (Å²) in [6.45, 7) is 3.90. The van der Waals surface area contributed by atoms with Crippen molar-refractivity contribution in [3.63, 3.8) is 0 Å². The molecular weight excluding hydrogens is 300 g/mol. The number of rotatable bonds is 6. The Hall–Kier alpha value is -2.28. The lowest BCUT2D eigenvalue weighted by atomic mass is 9.98. The van der Waals surface area contributed by atoms with Crippen molar-refractivity contribution in [3.05, 3.63) is 41.4 Å². The number of benzene rings is 1. The zero-order valence-electron chi connectivity index (χ0n) is 12.4. The molecule has 0 saturated carbocycles. The second-order valence-corrected chi connectivity index (χ2v) is 5.77. The van der Waals surface area contributed by atoms with E-state index in [9.17, 15) is 9.59 Å². The van der Waals surface area contributed by atoms with Crippen molar-refractivity contribution in [2.24, 2.45) is 5.92 Å². The van der Waals surface area contributed by atoms with Crippen LogP contribution in [0.15, 0.2) is 35.8 Å². The molecule has 2 atom stereocenters. The Morgan fingerprint density at radius 3 is 2.59 bits per heavy atom. The molecular formula is C15H18N4O2S. The van der Waals surface area contributed by atoms with Gasteiger partial charge in [-0.3, -0.25) is 14.9 Å². The number of aromatic nitrogens is 2. The van der Waals surface area contributed by atoms with Crippen LogP contribution in [0.4, 0.5) is 5.13 Å². The van der Waals surface area contributed by atoms with Crippen LogP contribution in [0.25, 0.3) is 0 Å². The van der Waals surface area contributed by atoms with Gasteiger partial charge in [-0.25, -0.2) is 0 Å². The normalized spacial score (nSPS) is 13.2. The van der Waals surface area contributed by atoms with E-state index in [0.717, 1.165) is 6.42 Å². The van der Waals surface area contributed by atoms with Crippen molar-refractivity contribution < 1.29 is 9.59 Å². The van der Waals surface area contributed by atoms with Gasteiger partial charge >= 0.3 is 0 Å². The van der Waals surface area contributed by atoms with Crippen molar-refractivity contribution in [1.82, 2.24) is 15.5 Å². The number of carbonyl (C=O) groups is 2. The summed E-state index contributed by atoms with van der Waals surface area (Å²) in [5, 5.41) is 13.4. The molecule has 0 radical (unpaired) electrons. The number of nitrogens with one attached hydrogen (secondary N) is 2. The van der Waals surface area contributed by atoms with E-state index in [4.69, 9.17) is 0 Å². The fourth-order valence-electron chi connectivity index (χ4n) is 1.93. The van der Waals surface area contributed by atoms with Crippen LogP contribution in [-0.2, 0) is 4.79 Å². The maximum absolute atomic E-state index is 12.4. The molecule has 0 saturated heterocycles. The molecule has 1 aromatic heterocycles. The number of hydrogen-bond acceptors (Lipinski definition) is 5. The fraction of sp³-hybridized carbons (Fsp3) is 0.333. The third-order valence-electron chi connectivity index (χ3n) is 3.41. The van der Waals surface area contributed by atoms with Crippen LogP contribution in [-0.4, -0.2) is 28.1 Å². The number of anilines is 1. The van der Waals surface area contributed by atoms with Gasteiger partial charge in [-0.2, -0.15) is 0 Å². The second kappa shape index (κ2) is 7.65. The number of carbonyl (C=O) groups excluding carboxylic acids is 2. The molecule has 7 heteroatoms. The highest BCUT2D eigenvalue weighted by molar-refractivity contribution is 7.13. The summed E-state index contributed by atoms with van der Waals surface area (Å²) in [5.74, 6) is -0.547. The van der Waals surface area contributed by atoms with Gasteiger partial charge in [-0.1, -0.05) is 49.8 Å². The molecule has 1 aromatic carbocycles. The first-order valence-electron chi connectivity index (χ1n) is 7.04. The third kappa shape index (κ3) is 4.11. The van der Waals surface area contributed by atoms with Gasteiger partial charge in [0.2, 0.25) is 11.0 Å². The molecule has 22 heavy (non-hydrogen) atoms. The molecule has 0 spiro atoms. The Balaban J connectivity index is 2.09. The summed E-state index contributed by atoms with van der Waals surface area (Å²) in [6.07, 6.45) is 0.767. The van der Waals surface area contributed by atoms with Gasteiger partial charge < -0.3 is 5.32 Å². The molecule has 2 unspecified atom stereocenters. The number of amides is 2. The highest BCUT2D eigenvalue weighted by Crippen LogP contribution is 2.14. The highest BCUT2D eigenvalue weighted by Gasteiger charge is 2.26. The van der Waals surface area contributed by atoms with Crippen molar-refractivity contribution in [1.29, 1.82) is 0 Å². The van der Waals surface area contributed by atoms with Crippen LogP contribution in [0.5, 0.6) is 0 Å². The van der Waals surface area contributed by atoms with Gasteiger partial charge in [-0.05, 0) is 18.1 Å². The van der Waals surface area contributed by atoms with Crippen LogP contribution >= 0.6 is 11.3 Å². The SMILES string of the molecule is CCC(C)C(NC(=O)c1ccccc1)C(=O)Nc1nncs1. The smallest absolute Gasteiger partial charge is 0.251 e. The topological polar surface area (TPSA) is 84.0 Å². The number of hydrogen-bond donors (Lipinski definition) is 2. The first kappa shape index (κ1) is 16.1. The Morgan fingerprint density at radius 1 is 1.27 bits per heavy atom. The zero-order chi connectivity index (χ0) is 15.9. The van der Waals surface area contributed by atoms with Crippen molar-refractivity contribution >= 4 is 28.3 Å². The minimum atomic E-state index is -0.624. The van der Waals surface area contributed by atoms with Crippen LogP contribution in [0.3, 0.4) is 0 Å². The van der Waals surface area contributed by atoms with E-state index in [2.05, 4.69) is 20.8 Å². The molecule has 1 heterocycles. The van der Waals surface area contributed by atoms with E-state index < -0.39 is 6.04 Å². The van der Waals surface area contributed by atoms with Gasteiger partial charge in [0.05, 0.1) is 0 Å². The Bertz CT molecular complexity index is 616. The molecule has 0 aliphatic carbocycles. The van der Waals surface area contributed by atoms with E-state index >= 15 is 0 Å². The summed E-state index contributed by atoms with van der Waals surface area (Å²) in [6, 6.07) is 8.22. The molecule has 0 fully saturated rings. The molecule has 2 amide bonds. The summed E-state index contributed by atoms with van der Waals surface area (Å²) in [7, 11) is 0. The van der Waals surface area contributed by atoms with Crippen LogP contribution in [0.2, 0.25) is 0 Å². The monoisotopic (exact) mass is 318 g/mol. The lowest BCUT2D eigenvalue weighted by Crippen LogP contribution is -2.47. The van der Waals surface area contributed by atoms with E-state index in [-0.39, 0.29) is 17.7 Å². The van der Waals surface area contributed by atoms with Gasteiger partial charge in [0.1, 0.15) is 11.6 Å². The minimum absolute atomic E-state index is 0.000540. The summed E-state index contributed by atoms with van der Waals surface area (Å²) < 4.78 is 0. The maximum Gasteiger partial charge on any atom is 0.251 e. The molecule has 2 N–H and O–H groups in total. The Morgan fingerprint density at radius 2 is 2.00 bits per heavy atom. The Labute approximate surface area is 133 Å². The van der Waals surface area contributed by atoms with Crippen molar-refractivity contribution in [2.45, 2.75) is 26.3 Å². The quantitative estimate of drug-likeness (QED) is 0.856. The average molecular weight is 318 g/mol. The van der Waals surface area contributed by atoms with Gasteiger partial charge in [0, 0.05) is 5.56 Å². The molecule has 2 aromatic rings. The lowest BCUT2D eigenvalue weighted by Gasteiger charge is -2.23. The van der Waals surface area contributed by atoms with Gasteiger partial charge in [-0.15, -0.1) is 10.2 Å². The molecule has 2 rings (SSSR count). The summed E-state index contributed by atoms with van der Waals surface area (Å²) in [4.78, 5) is 24.7. The number of nitrogens with zero attached hydrogens (tertiary/aromatic N) is 2. The van der Waals surface area contributed by atoms with Crippen LogP contribution < -0.4 is 10.6 Å². The largest absolute Gasteiger partial charge is 0.340 e. The predicted molar refractivity (Wildman–Crippen MR) is 85.7 cm³/mol. The predicted octanol–water partition coefficient (Wildman–Crippen LogP) is 2.32. The molecule has 0 aliphatic heterocycles. The van der Waals surface area contributed by atoms with Crippen molar-refractivity contribution in [2.75, 3.05) is 5.32 Å². The average Bonchev–Trinajstić information content (AvgIpc) is 3.05. The first-order valence-corrected chi connectivity index (χ1v) is 7.92. The van der Waals surface area contributed by atoms with E-state index in [0.29, 0.717) is 10.7 Å². The molecule has 0 bridgehead atoms. The first-order chi connectivity index (χ1) is 10.6.